The average Bonchev–Trinajstić information content (AvgIpc) is 2.49. The molecule has 1 amide bonds. The van der Waals surface area contributed by atoms with E-state index in [0.29, 0.717) is 19.0 Å². The molecule has 122 valence electrons. The first-order valence-corrected chi connectivity index (χ1v) is 7.33. The smallest absolute Gasteiger partial charge is 0.271 e. The highest BCUT2D eigenvalue weighted by molar-refractivity contribution is 5.91. The van der Waals surface area contributed by atoms with Crippen molar-refractivity contribution in [3.63, 3.8) is 0 Å². The first-order valence-electron chi connectivity index (χ1n) is 7.33. The summed E-state index contributed by atoms with van der Waals surface area (Å²) in [6.45, 7) is 2.85. The fraction of sp³-hybridized carbons (Fsp3) is 0.312. The minimum absolute atomic E-state index is 0. The van der Waals surface area contributed by atoms with E-state index >= 15 is 0 Å². The molecule has 0 saturated carbocycles. The van der Waals surface area contributed by atoms with Crippen molar-refractivity contribution in [3.05, 3.63) is 64.1 Å². The van der Waals surface area contributed by atoms with Crippen molar-refractivity contribution in [2.75, 3.05) is 19.6 Å². The van der Waals surface area contributed by atoms with Crippen LogP contribution in [0.15, 0.2) is 47.3 Å². The highest BCUT2D eigenvalue weighted by Crippen LogP contribution is 2.02. The van der Waals surface area contributed by atoms with E-state index in [-0.39, 0.29) is 29.6 Å². The highest BCUT2D eigenvalue weighted by Gasteiger charge is 2.18. The highest BCUT2D eigenvalue weighted by atomic mass is 35.5. The number of hydrogen-bond acceptors (Lipinski definition) is 4. The molecule has 0 atom stereocenters. The number of benzene rings is 1. The van der Waals surface area contributed by atoms with Crippen LogP contribution in [0, 0.1) is 5.92 Å². The molecule has 1 aliphatic heterocycles. The number of hydrogen-bond donors (Lipinski definition) is 2. The number of carbonyl (C=O) groups excluding carboxylic acids is 1. The normalized spacial score (nSPS) is 13.7. The van der Waals surface area contributed by atoms with Crippen molar-refractivity contribution < 1.29 is 4.79 Å². The van der Waals surface area contributed by atoms with E-state index in [0.717, 1.165) is 18.7 Å². The van der Waals surface area contributed by atoms with Crippen LogP contribution < -0.4 is 16.2 Å². The van der Waals surface area contributed by atoms with Crippen molar-refractivity contribution in [3.8, 4) is 0 Å². The molecule has 2 N–H and O–H groups in total. The molecule has 2 aromatic rings. The van der Waals surface area contributed by atoms with Crippen LogP contribution >= 0.6 is 12.4 Å². The van der Waals surface area contributed by atoms with Crippen LogP contribution in [0.2, 0.25) is 0 Å². The number of amides is 1. The monoisotopic (exact) mass is 334 g/mol. The molecule has 0 bridgehead atoms. The predicted octanol–water partition coefficient (Wildman–Crippen LogP) is 0.663. The van der Waals surface area contributed by atoms with E-state index < -0.39 is 0 Å². The van der Waals surface area contributed by atoms with Gasteiger partial charge in [-0.1, -0.05) is 30.3 Å². The summed E-state index contributed by atoms with van der Waals surface area (Å²) in [6, 6.07) is 12.4. The topological polar surface area (TPSA) is 76.0 Å². The number of aromatic nitrogens is 2. The Morgan fingerprint density at radius 3 is 2.61 bits per heavy atom. The zero-order valence-electron chi connectivity index (χ0n) is 12.6. The number of rotatable bonds is 5. The molecule has 7 heteroatoms. The van der Waals surface area contributed by atoms with Crippen LogP contribution in [-0.4, -0.2) is 35.3 Å². The molecular formula is C16H19ClN4O2. The SMILES string of the molecule is Cl.O=C(NCC1CNC1)c1ccc(=O)n(Cc2ccccc2)n1. The second-order valence-corrected chi connectivity index (χ2v) is 5.43. The fourth-order valence-electron chi connectivity index (χ4n) is 2.26. The summed E-state index contributed by atoms with van der Waals surface area (Å²) < 4.78 is 1.31. The molecule has 0 spiro atoms. The maximum atomic E-state index is 12.1. The fourth-order valence-corrected chi connectivity index (χ4v) is 2.26. The first-order chi connectivity index (χ1) is 10.7. The van der Waals surface area contributed by atoms with Gasteiger partial charge in [-0.25, -0.2) is 4.68 Å². The van der Waals surface area contributed by atoms with Crippen LogP contribution in [0.5, 0.6) is 0 Å². The zero-order valence-corrected chi connectivity index (χ0v) is 13.4. The van der Waals surface area contributed by atoms with Gasteiger partial charge < -0.3 is 10.6 Å². The van der Waals surface area contributed by atoms with Gasteiger partial charge in [0.2, 0.25) is 0 Å². The molecule has 6 nitrogen and oxygen atoms in total. The molecule has 1 aromatic carbocycles. The van der Waals surface area contributed by atoms with Gasteiger partial charge in [0.25, 0.3) is 11.5 Å². The van der Waals surface area contributed by atoms with Crippen molar-refractivity contribution >= 4 is 18.3 Å². The minimum atomic E-state index is -0.242. The second-order valence-electron chi connectivity index (χ2n) is 5.43. The van der Waals surface area contributed by atoms with Gasteiger partial charge >= 0.3 is 0 Å². The lowest BCUT2D eigenvalue weighted by atomic mass is 10.0. The van der Waals surface area contributed by atoms with Crippen LogP contribution in [0.3, 0.4) is 0 Å². The maximum absolute atomic E-state index is 12.1. The summed E-state index contributed by atoms with van der Waals surface area (Å²) in [5, 5.41) is 10.2. The first kappa shape index (κ1) is 17.2. The number of nitrogens with zero attached hydrogens (tertiary/aromatic N) is 2. The number of nitrogens with one attached hydrogen (secondary N) is 2. The van der Waals surface area contributed by atoms with Crippen molar-refractivity contribution in [2.24, 2.45) is 5.92 Å². The molecule has 0 aliphatic carbocycles. The van der Waals surface area contributed by atoms with Gasteiger partial charge in [-0.3, -0.25) is 9.59 Å². The molecule has 1 fully saturated rings. The maximum Gasteiger partial charge on any atom is 0.271 e. The van der Waals surface area contributed by atoms with E-state index in [2.05, 4.69) is 15.7 Å². The standard InChI is InChI=1S/C16H18N4O2.ClH/c21-15-7-6-14(16(22)18-10-13-8-17-9-13)19-20(15)11-12-4-2-1-3-5-12;/h1-7,13,17H,8-11H2,(H,18,22);1H. The molecule has 23 heavy (non-hydrogen) atoms. The molecule has 1 aliphatic rings. The molecular weight excluding hydrogens is 316 g/mol. The van der Waals surface area contributed by atoms with Gasteiger partial charge in [0.15, 0.2) is 0 Å². The average molecular weight is 335 g/mol. The van der Waals surface area contributed by atoms with Gasteiger partial charge in [-0.2, -0.15) is 5.10 Å². The molecule has 1 saturated heterocycles. The van der Waals surface area contributed by atoms with Crippen molar-refractivity contribution in [1.82, 2.24) is 20.4 Å². The third-order valence-electron chi connectivity index (χ3n) is 3.69. The predicted molar refractivity (Wildman–Crippen MR) is 90.0 cm³/mol. The van der Waals surface area contributed by atoms with Crippen molar-refractivity contribution in [2.45, 2.75) is 6.54 Å². The summed E-state index contributed by atoms with van der Waals surface area (Å²) in [7, 11) is 0. The van der Waals surface area contributed by atoms with E-state index in [9.17, 15) is 9.59 Å². The Morgan fingerprint density at radius 2 is 1.96 bits per heavy atom. The van der Waals surface area contributed by atoms with Gasteiger partial charge in [0.1, 0.15) is 5.69 Å². The molecule has 2 heterocycles. The lowest BCUT2D eigenvalue weighted by Crippen LogP contribution is -2.48. The minimum Gasteiger partial charge on any atom is -0.350 e. The Morgan fingerprint density at radius 1 is 1.22 bits per heavy atom. The van der Waals surface area contributed by atoms with Crippen LogP contribution in [0.4, 0.5) is 0 Å². The van der Waals surface area contributed by atoms with Gasteiger partial charge in [0, 0.05) is 31.6 Å². The summed E-state index contributed by atoms with van der Waals surface area (Å²) in [4.78, 5) is 24.0. The Balaban J connectivity index is 0.00000192. The molecule has 3 rings (SSSR count). The summed E-state index contributed by atoms with van der Waals surface area (Å²) in [5.41, 5.74) is 1.02. The Bertz CT molecular complexity index is 714. The number of halogens is 1. The van der Waals surface area contributed by atoms with Crippen LogP contribution in [-0.2, 0) is 6.54 Å². The lowest BCUT2D eigenvalue weighted by molar-refractivity contribution is 0.0934. The Hall–Kier alpha value is -2.18. The van der Waals surface area contributed by atoms with Crippen molar-refractivity contribution in [1.29, 1.82) is 0 Å². The van der Waals surface area contributed by atoms with E-state index in [1.54, 1.807) is 0 Å². The largest absolute Gasteiger partial charge is 0.350 e. The molecule has 0 radical (unpaired) electrons. The second kappa shape index (κ2) is 7.89. The molecule has 0 unspecified atom stereocenters. The van der Waals surface area contributed by atoms with Gasteiger partial charge in [-0.05, 0) is 11.6 Å². The Kier molecular flexibility index (Phi) is 5.90. The number of carbonyl (C=O) groups is 1. The summed E-state index contributed by atoms with van der Waals surface area (Å²) in [5.74, 6) is 0.243. The third kappa shape index (κ3) is 4.40. The zero-order chi connectivity index (χ0) is 15.4. The summed E-state index contributed by atoms with van der Waals surface area (Å²) in [6.07, 6.45) is 0. The summed E-state index contributed by atoms with van der Waals surface area (Å²) >= 11 is 0. The van der Waals surface area contributed by atoms with E-state index in [4.69, 9.17) is 0 Å². The quantitative estimate of drug-likeness (QED) is 0.842. The van der Waals surface area contributed by atoms with Crippen LogP contribution in [0.25, 0.3) is 0 Å². The van der Waals surface area contributed by atoms with Gasteiger partial charge in [-0.15, -0.1) is 12.4 Å². The molecule has 1 aromatic heterocycles. The lowest BCUT2D eigenvalue weighted by Gasteiger charge is -2.26. The van der Waals surface area contributed by atoms with Gasteiger partial charge in [0.05, 0.1) is 6.54 Å². The third-order valence-corrected chi connectivity index (χ3v) is 3.69. The van der Waals surface area contributed by atoms with Crippen LogP contribution in [0.1, 0.15) is 16.1 Å². The van der Waals surface area contributed by atoms with E-state index in [1.807, 2.05) is 30.3 Å². The van der Waals surface area contributed by atoms with E-state index in [1.165, 1.54) is 16.8 Å². The Labute approximate surface area is 140 Å².